The number of aromatic amines is 1. The highest BCUT2D eigenvalue weighted by Crippen LogP contribution is 2.22. The molecule has 1 aromatic carbocycles. The van der Waals surface area contributed by atoms with Crippen LogP contribution in [0.4, 0.5) is 0 Å². The lowest BCUT2D eigenvalue weighted by atomic mass is 10.1. The lowest BCUT2D eigenvalue weighted by molar-refractivity contribution is -0.588. The van der Waals surface area contributed by atoms with Gasteiger partial charge in [0.05, 0.1) is 6.54 Å². The fourth-order valence-electron chi connectivity index (χ4n) is 1.59. The molecule has 2 rings (SSSR count). The van der Waals surface area contributed by atoms with Crippen molar-refractivity contribution in [2.75, 3.05) is 6.54 Å². The van der Waals surface area contributed by atoms with Crippen molar-refractivity contribution in [3.8, 4) is 5.75 Å². The summed E-state index contributed by atoms with van der Waals surface area (Å²) in [5.74, 6) is 0.254. The Hall–Kier alpha value is -1.52. The highest BCUT2D eigenvalue weighted by molar-refractivity contribution is 5.84. The third-order valence-corrected chi connectivity index (χ3v) is 2.28. The monoisotopic (exact) mass is 192 g/mol. The topological polar surface area (TPSA) is 75.7 Å². The first kappa shape index (κ1) is 9.05. The quantitative estimate of drug-likeness (QED) is 0.618. The maximum absolute atomic E-state index is 10.2. The van der Waals surface area contributed by atoms with Gasteiger partial charge >= 0.3 is 0 Å². The molecule has 0 aliphatic carbocycles. The number of quaternary nitrogens is 1. The minimum absolute atomic E-state index is 0.254. The second-order valence-electron chi connectivity index (χ2n) is 3.25. The van der Waals surface area contributed by atoms with Crippen molar-refractivity contribution < 1.29 is 10.6 Å². The van der Waals surface area contributed by atoms with E-state index in [0.29, 0.717) is 13.0 Å². The van der Waals surface area contributed by atoms with Gasteiger partial charge < -0.3 is 20.8 Å². The van der Waals surface area contributed by atoms with Crippen LogP contribution < -0.4 is 5.48 Å². The first-order chi connectivity index (χ1) is 6.81. The van der Waals surface area contributed by atoms with E-state index in [-0.39, 0.29) is 5.75 Å². The van der Waals surface area contributed by atoms with Crippen molar-refractivity contribution in [3.63, 3.8) is 0 Å². The number of aromatic hydroxyl groups is 1. The number of fused-ring (bicyclic) bond motifs is 1. The summed E-state index contributed by atoms with van der Waals surface area (Å²) < 4.78 is 0. The summed E-state index contributed by atoms with van der Waals surface area (Å²) in [4.78, 5) is 3.10. The number of H-pyrrole nitrogens is 1. The molecule has 0 aliphatic rings. The minimum Gasteiger partial charge on any atom is -0.636 e. The van der Waals surface area contributed by atoms with Crippen molar-refractivity contribution >= 4 is 10.9 Å². The Kier molecular flexibility index (Phi) is 2.39. The Morgan fingerprint density at radius 2 is 2.29 bits per heavy atom. The summed E-state index contributed by atoms with van der Waals surface area (Å²) in [6.07, 6.45) is 2.60. The van der Waals surface area contributed by atoms with E-state index in [2.05, 4.69) is 4.98 Å². The lowest BCUT2D eigenvalue weighted by Crippen LogP contribution is -2.77. The molecule has 2 aromatic rings. The molecule has 1 aromatic heterocycles. The molecule has 1 heterocycles. The molecule has 0 bridgehead atoms. The maximum atomic E-state index is 10.2. The van der Waals surface area contributed by atoms with Crippen LogP contribution in [0.2, 0.25) is 0 Å². The molecule has 0 amide bonds. The molecular weight excluding hydrogens is 180 g/mol. The van der Waals surface area contributed by atoms with Crippen molar-refractivity contribution in [1.29, 1.82) is 0 Å². The lowest BCUT2D eigenvalue weighted by Gasteiger charge is -2.01. The summed E-state index contributed by atoms with van der Waals surface area (Å²) in [6, 6.07) is 5.18. The van der Waals surface area contributed by atoms with E-state index in [9.17, 15) is 10.3 Å². The Morgan fingerprint density at radius 3 is 3.07 bits per heavy atom. The van der Waals surface area contributed by atoms with E-state index in [1.54, 1.807) is 12.1 Å². The third kappa shape index (κ3) is 1.57. The normalized spacial score (nSPS) is 10.9. The second kappa shape index (κ2) is 3.69. The molecule has 4 nitrogen and oxygen atoms in total. The van der Waals surface area contributed by atoms with Crippen LogP contribution in [0.3, 0.4) is 0 Å². The van der Waals surface area contributed by atoms with E-state index in [4.69, 9.17) is 0 Å². The van der Waals surface area contributed by atoms with E-state index in [0.717, 1.165) is 21.9 Å². The molecule has 0 aliphatic heterocycles. The van der Waals surface area contributed by atoms with Gasteiger partial charge in [-0.1, -0.05) is 0 Å². The second-order valence-corrected chi connectivity index (χ2v) is 3.25. The van der Waals surface area contributed by atoms with Crippen LogP contribution in [0, 0.1) is 5.21 Å². The molecule has 0 radical (unpaired) electrons. The number of hydrogen-bond acceptors (Lipinski definition) is 2. The maximum Gasteiger partial charge on any atom is 0.116 e. The molecule has 0 spiro atoms. The zero-order chi connectivity index (χ0) is 9.97. The molecule has 0 fully saturated rings. The molecule has 14 heavy (non-hydrogen) atoms. The molecule has 0 unspecified atom stereocenters. The zero-order valence-electron chi connectivity index (χ0n) is 7.66. The average Bonchev–Trinajstić information content (AvgIpc) is 2.57. The molecule has 0 saturated carbocycles. The van der Waals surface area contributed by atoms with Gasteiger partial charge in [-0.15, -0.1) is 0 Å². The highest BCUT2D eigenvalue weighted by atomic mass is 16.5. The predicted octanol–water partition coefficient (Wildman–Crippen LogP) is 0.477. The van der Waals surface area contributed by atoms with E-state index in [1.165, 1.54) is 0 Å². The highest BCUT2D eigenvalue weighted by Gasteiger charge is 2.03. The Balaban J connectivity index is 2.40. The molecule has 0 atom stereocenters. The van der Waals surface area contributed by atoms with Crippen LogP contribution >= 0.6 is 0 Å². The first-order valence-corrected chi connectivity index (χ1v) is 4.54. The molecular formula is C10H12N2O2. The summed E-state index contributed by atoms with van der Waals surface area (Å²) >= 11 is 0. The van der Waals surface area contributed by atoms with Crippen LogP contribution in [0.25, 0.3) is 10.9 Å². The zero-order valence-corrected chi connectivity index (χ0v) is 7.66. The third-order valence-electron chi connectivity index (χ3n) is 2.28. The number of nitrogens with two attached hydrogens (primary N) is 1. The Bertz CT molecular complexity index is 437. The van der Waals surface area contributed by atoms with Crippen molar-refractivity contribution in [3.05, 3.63) is 35.2 Å². The Morgan fingerprint density at radius 1 is 1.43 bits per heavy atom. The summed E-state index contributed by atoms with van der Waals surface area (Å²) in [7, 11) is 0. The van der Waals surface area contributed by atoms with Crippen molar-refractivity contribution in [2.24, 2.45) is 0 Å². The number of hydrogen-bond donors (Lipinski definition) is 3. The van der Waals surface area contributed by atoms with Gasteiger partial charge in [0.2, 0.25) is 0 Å². The number of phenolic OH excluding ortho intramolecular Hbond substituents is 1. The van der Waals surface area contributed by atoms with Gasteiger partial charge in [0.25, 0.3) is 0 Å². The van der Waals surface area contributed by atoms with Gasteiger partial charge in [-0.2, -0.15) is 0 Å². The van der Waals surface area contributed by atoms with Gasteiger partial charge in [-0.25, -0.2) is 0 Å². The molecule has 74 valence electrons. The van der Waals surface area contributed by atoms with Crippen molar-refractivity contribution in [1.82, 2.24) is 4.98 Å². The van der Waals surface area contributed by atoms with Gasteiger partial charge in [-0.05, 0) is 23.8 Å². The van der Waals surface area contributed by atoms with E-state index in [1.807, 2.05) is 12.3 Å². The smallest absolute Gasteiger partial charge is 0.116 e. The SMILES string of the molecule is [O-][NH2+]CCc1c[nH]c2ccc(O)cc12. The summed E-state index contributed by atoms with van der Waals surface area (Å²) in [5.41, 5.74) is 2.97. The minimum atomic E-state index is 0.254. The molecule has 4 heteroatoms. The fourth-order valence-corrected chi connectivity index (χ4v) is 1.59. The van der Waals surface area contributed by atoms with Crippen LogP contribution in [-0.4, -0.2) is 16.6 Å². The van der Waals surface area contributed by atoms with Crippen LogP contribution in [0.15, 0.2) is 24.4 Å². The number of aromatic nitrogens is 1. The van der Waals surface area contributed by atoms with Gasteiger partial charge in [0.1, 0.15) is 5.75 Å². The number of rotatable bonds is 3. The number of nitrogens with one attached hydrogen (secondary N) is 1. The Labute approximate surface area is 81.1 Å². The van der Waals surface area contributed by atoms with Crippen molar-refractivity contribution in [2.45, 2.75) is 6.42 Å². The number of hydroxylamine groups is 1. The standard InChI is InChI=1S/C10H12N2O2/c13-8-1-2-10-9(5-8)7(6-11-10)3-4-12-14/h1-2,5-6,11,13H,3-4,12H2. The molecule has 0 saturated heterocycles. The summed E-state index contributed by atoms with van der Waals surface area (Å²) in [6.45, 7) is 0.516. The van der Waals surface area contributed by atoms with E-state index < -0.39 is 0 Å². The van der Waals surface area contributed by atoms with E-state index >= 15 is 0 Å². The fraction of sp³-hybridized carbons (Fsp3) is 0.200. The predicted molar refractivity (Wildman–Crippen MR) is 53.8 cm³/mol. The number of phenols is 1. The molecule has 4 N–H and O–H groups in total. The van der Waals surface area contributed by atoms with Crippen LogP contribution in [0.5, 0.6) is 5.75 Å². The number of benzene rings is 1. The van der Waals surface area contributed by atoms with Gasteiger partial charge in [0, 0.05) is 23.5 Å². The van der Waals surface area contributed by atoms with Gasteiger partial charge in [0.15, 0.2) is 0 Å². The van der Waals surface area contributed by atoms with Crippen LogP contribution in [0.1, 0.15) is 5.56 Å². The largest absolute Gasteiger partial charge is 0.636 e. The van der Waals surface area contributed by atoms with Crippen LogP contribution in [-0.2, 0) is 6.42 Å². The summed E-state index contributed by atoms with van der Waals surface area (Å²) in [5, 5.41) is 20.6. The first-order valence-electron chi connectivity index (χ1n) is 4.54. The average molecular weight is 192 g/mol. The van der Waals surface area contributed by atoms with Gasteiger partial charge in [-0.3, -0.25) is 0 Å².